The first kappa shape index (κ1) is 8.76. The minimum atomic E-state index is -0.233. The largest absolute Gasteiger partial charge is 0.206 e. The van der Waals surface area contributed by atoms with Crippen LogP contribution >= 0.6 is 12.6 Å². The first-order valence-electron chi connectivity index (χ1n) is 2.92. The van der Waals surface area contributed by atoms with Gasteiger partial charge < -0.3 is 0 Å². The first-order chi connectivity index (χ1) is 4.22. The van der Waals surface area contributed by atoms with Crippen molar-refractivity contribution in [1.29, 1.82) is 0 Å². The van der Waals surface area contributed by atoms with Gasteiger partial charge in [0.2, 0.25) is 0 Å². The number of hydrogen-bond donors (Lipinski definition) is 1. The van der Waals surface area contributed by atoms with Gasteiger partial charge in [0.1, 0.15) is 5.83 Å². The van der Waals surface area contributed by atoms with Gasteiger partial charge in [-0.1, -0.05) is 13.0 Å². The zero-order valence-electron chi connectivity index (χ0n) is 5.69. The summed E-state index contributed by atoms with van der Waals surface area (Å²) >= 11 is 3.91. The minimum Gasteiger partial charge on any atom is -0.206 e. The lowest BCUT2D eigenvalue weighted by Gasteiger charge is -1.91. The van der Waals surface area contributed by atoms with E-state index < -0.39 is 0 Å². The van der Waals surface area contributed by atoms with E-state index in [4.69, 9.17) is 0 Å². The number of rotatable bonds is 2. The zero-order valence-corrected chi connectivity index (χ0v) is 6.58. The van der Waals surface area contributed by atoms with Gasteiger partial charge in [-0.2, -0.15) is 0 Å². The molecule has 52 valence electrons. The molecule has 0 aliphatic carbocycles. The van der Waals surface area contributed by atoms with Crippen LogP contribution in [0.3, 0.4) is 0 Å². The predicted octanol–water partition coefficient (Wildman–Crippen LogP) is 3.08. The maximum Gasteiger partial charge on any atom is 0.132 e. The quantitative estimate of drug-likeness (QED) is 0.449. The van der Waals surface area contributed by atoms with Crippen molar-refractivity contribution in [3.63, 3.8) is 0 Å². The Morgan fingerprint density at radius 1 is 1.67 bits per heavy atom. The second kappa shape index (κ2) is 4.62. The summed E-state index contributed by atoms with van der Waals surface area (Å²) in [5.41, 5.74) is 0. The van der Waals surface area contributed by atoms with Gasteiger partial charge in [-0.05, 0) is 19.4 Å². The Hall–Kier alpha value is -0.240. The first-order valence-corrected chi connectivity index (χ1v) is 3.37. The van der Waals surface area contributed by atoms with E-state index in [0.717, 1.165) is 0 Å². The Labute approximate surface area is 60.9 Å². The smallest absolute Gasteiger partial charge is 0.132 e. The van der Waals surface area contributed by atoms with Crippen LogP contribution in [0.25, 0.3) is 0 Å². The molecular formula is C7H11FS. The van der Waals surface area contributed by atoms with E-state index in [0.29, 0.717) is 11.3 Å². The highest BCUT2D eigenvalue weighted by molar-refractivity contribution is 7.84. The lowest BCUT2D eigenvalue weighted by atomic mass is 10.3. The summed E-state index contributed by atoms with van der Waals surface area (Å²) in [5, 5.41) is 0. The van der Waals surface area contributed by atoms with Crippen molar-refractivity contribution < 1.29 is 4.39 Å². The number of hydrogen-bond acceptors (Lipinski definition) is 1. The van der Waals surface area contributed by atoms with E-state index in [2.05, 4.69) is 12.6 Å². The molecule has 0 aliphatic heterocycles. The standard InChI is InChI=1S/C7H11FS/c1-3-5-6(8)7(9)4-2/h3,5,9H,4H2,1-2H3/b5-3-,7-6-. The lowest BCUT2D eigenvalue weighted by molar-refractivity contribution is 0.658. The summed E-state index contributed by atoms with van der Waals surface area (Å²) in [6, 6.07) is 0. The van der Waals surface area contributed by atoms with Gasteiger partial charge in [-0.15, -0.1) is 12.6 Å². The Bertz CT molecular complexity index is 136. The van der Waals surface area contributed by atoms with Crippen LogP contribution in [0.15, 0.2) is 22.9 Å². The van der Waals surface area contributed by atoms with Crippen molar-refractivity contribution in [1.82, 2.24) is 0 Å². The van der Waals surface area contributed by atoms with Crippen molar-refractivity contribution in [2.45, 2.75) is 20.3 Å². The molecule has 0 atom stereocenters. The molecule has 0 aliphatic rings. The fourth-order valence-electron chi connectivity index (χ4n) is 0.411. The van der Waals surface area contributed by atoms with Crippen molar-refractivity contribution in [2.75, 3.05) is 0 Å². The number of halogens is 1. The maximum absolute atomic E-state index is 12.5. The normalized spacial score (nSPS) is 14.2. The molecule has 0 N–H and O–H groups in total. The molecule has 0 aromatic heterocycles. The highest BCUT2D eigenvalue weighted by atomic mass is 32.1. The summed E-state index contributed by atoms with van der Waals surface area (Å²) in [5.74, 6) is -0.233. The van der Waals surface area contributed by atoms with Gasteiger partial charge in [0.25, 0.3) is 0 Å². The molecule has 9 heavy (non-hydrogen) atoms. The SMILES string of the molecule is C/C=C\C(F)=C(\S)CC. The van der Waals surface area contributed by atoms with Crippen molar-refractivity contribution >= 4 is 12.6 Å². The van der Waals surface area contributed by atoms with Gasteiger partial charge >= 0.3 is 0 Å². The molecule has 0 aromatic rings. The van der Waals surface area contributed by atoms with Crippen LogP contribution in [-0.2, 0) is 0 Å². The molecule has 0 nitrogen and oxygen atoms in total. The fourth-order valence-corrected chi connectivity index (χ4v) is 0.486. The minimum absolute atomic E-state index is 0.233. The molecule has 0 aromatic carbocycles. The molecule has 0 bridgehead atoms. The van der Waals surface area contributed by atoms with Crippen LogP contribution < -0.4 is 0 Å². The molecule has 0 radical (unpaired) electrons. The Balaban J connectivity index is 4.10. The van der Waals surface area contributed by atoms with E-state index in [1.54, 1.807) is 13.0 Å². The van der Waals surface area contributed by atoms with Gasteiger partial charge in [0.05, 0.1) is 0 Å². The molecule has 0 amide bonds. The van der Waals surface area contributed by atoms with Crippen LogP contribution in [0.4, 0.5) is 4.39 Å². The van der Waals surface area contributed by atoms with E-state index in [-0.39, 0.29) is 5.83 Å². The van der Waals surface area contributed by atoms with Crippen LogP contribution in [0.2, 0.25) is 0 Å². The van der Waals surface area contributed by atoms with Gasteiger partial charge in [-0.25, -0.2) is 4.39 Å². The Morgan fingerprint density at radius 3 is 2.56 bits per heavy atom. The van der Waals surface area contributed by atoms with E-state index in [1.165, 1.54) is 6.08 Å². The Kier molecular flexibility index (Phi) is 4.50. The van der Waals surface area contributed by atoms with Gasteiger partial charge in [0, 0.05) is 4.91 Å². The zero-order chi connectivity index (χ0) is 7.28. The molecule has 2 heteroatoms. The fraction of sp³-hybridized carbons (Fsp3) is 0.429. The van der Waals surface area contributed by atoms with Crippen molar-refractivity contribution in [3.05, 3.63) is 22.9 Å². The summed E-state index contributed by atoms with van der Waals surface area (Å²) in [7, 11) is 0. The van der Waals surface area contributed by atoms with Crippen molar-refractivity contribution in [3.8, 4) is 0 Å². The van der Waals surface area contributed by atoms with Gasteiger partial charge in [0.15, 0.2) is 0 Å². The highest BCUT2D eigenvalue weighted by Gasteiger charge is 1.92. The molecule has 0 saturated carbocycles. The third kappa shape index (κ3) is 3.36. The number of allylic oxidation sites excluding steroid dienone is 4. The summed E-state index contributed by atoms with van der Waals surface area (Å²) in [4.78, 5) is 0.508. The molecule has 0 heterocycles. The molecular weight excluding hydrogens is 135 g/mol. The maximum atomic E-state index is 12.5. The molecule has 0 fully saturated rings. The van der Waals surface area contributed by atoms with Crippen LogP contribution in [0, 0.1) is 0 Å². The molecule has 0 spiro atoms. The second-order valence-electron chi connectivity index (χ2n) is 1.65. The lowest BCUT2D eigenvalue weighted by Crippen LogP contribution is -1.71. The van der Waals surface area contributed by atoms with Crippen LogP contribution in [-0.4, -0.2) is 0 Å². The summed E-state index contributed by atoms with van der Waals surface area (Å²) in [6.07, 6.45) is 3.71. The van der Waals surface area contributed by atoms with E-state index in [9.17, 15) is 4.39 Å². The highest BCUT2D eigenvalue weighted by Crippen LogP contribution is 2.14. The molecule has 0 unspecified atom stereocenters. The van der Waals surface area contributed by atoms with Crippen LogP contribution in [0.5, 0.6) is 0 Å². The molecule has 0 rings (SSSR count). The third-order valence-corrected chi connectivity index (χ3v) is 1.45. The van der Waals surface area contributed by atoms with E-state index >= 15 is 0 Å². The number of thiol groups is 1. The summed E-state index contributed by atoms with van der Waals surface area (Å²) < 4.78 is 12.5. The average Bonchev–Trinajstić information content (AvgIpc) is 1.87. The monoisotopic (exact) mass is 146 g/mol. The molecule has 0 saturated heterocycles. The van der Waals surface area contributed by atoms with Crippen LogP contribution in [0.1, 0.15) is 20.3 Å². The average molecular weight is 146 g/mol. The topological polar surface area (TPSA) is 0 Å². The second-order valence-corrected chi connectivity index (χ2v) is 2.19. The Morgan fingerprint density at radius 2 is 2.22 bits per heavy atom. The third-order valence-electron chi connectivity index (χ3n) is 0.924. The summed E-state index contributed by atoms with van der Waals surface area (Å²) in [6.45, 7) is 3.64. The van der Waals surface area contributed by atoms with Gasteiger partial charge in [-0.3, -0.25) is 0 Å². The van der Waals surface area contributed by atoms with E-state index in [1.807, 2.05) is 6.92 Å². The predicted molar refractivity (Wildman–Crippen MR) is 42.2 cm³/mol. The van der Waals surface area contributed by atoms with Crippen molar-refractivity contribution in [2.24, 2.45) is 0 Å².